The van der Waals surface area contributed by atoms with E-state index in [1.807, 2.05) is 6.08 Å². The van der Waals surface area contributed by atoms with Gasteiger partial charge in [-0.1, -0.05) is 256 Å². The summed E-state index contributed by atoms with van der Waals surface area (Å²) in [5.41, 5.74) is 0. The van der Waals surface area contributed by atoms with Crippen LogP contribution in [0, 0.1) is 0 Å². The lowest BCUT2D eigenvalue weighted by Gasteiger charge is -2.18. The summed E-state index contributed by atoms with van der Waals surface area (Å²) in [5, 5.41) is 0. The van der Waals surface area contributed by atoms with Crippen molar-refractivity contribution >= 4 is 17.9 Å². The maximum Gasteiger partial charge on any atom is 0.306 e. The average Bonchev–Trinajstić information content (AvgIpc) is 3.30. The van der Waals surface area contributed by atoms with Gasteiger partial charge in [-0.15, -0.1) is 0 Å². The molecule has 0 spiro atoms. The van der Waals surface area contributed by atoms with Gasteiger partial charge in [-0.2, -0.15) is 0 Å². The van der Waals surface area contributed by atoms with E-state index in [4.69, 9.17) is 14.2 Å². The molecule has 1 atom stereocenters. The van der Waals surface area contributed by atoms with E-state index in [9.17, 15) is 14.4 Å². The minimum absolute atomic E-state index is 0.0922. The van der Waals surface area contributed by atoms with Crippen molar-refractivity contribution in [2.75, 3.05) is 13.2 Å². The second kappa shape index (κ2) is 54.0. The van der Waals surface area contributed by atoms with E-state index in [1.54, 1.807) is 0 Å². The van der Waals surface area contributed by atoms with Gasteiger partial charge in [0.15, 0.2) is 6.10 Å². The lowest BCUT2D eigenvalue weighted by atomic mass is 10.0. The summed E-state index contributed by atoms with van der Waals surface area (Å²) in [6.45, 7) is 6.57. The average molecular weight is 911 g/mol. The normalized spacial score (nSPS) is 12.4. The first-order valence-corrected chi connectivity index (χ1v) is 28.2. The van der Waals surface area contributed by atoms with Crippen LogP contribution in [0.5, 0.6) is 0 Å². The molecule has 0 rings (SSSR count). The highest BCUT2D eigenvalue weighted by atomic mass is 16.6. The number of rotatable bonds is 51. The summed E-state index contributed by atoms with van der Waals surface area (Å²) in [5.74, 6) is -0.963. The van der Waals surface area contributed by atoms with E-state index in [0.29, 0.717) is 19.3 Å². The van der Waals surface area contributed by atoms with Crippen LogP contribution in [0.4, 0.5) is 0 Å². The second-order valence-electron chi connectivity index (χ2n) is 18.9. The molecule has 0 saturated heterocycles. The predicted octanol–water partition coefficient (Wildman–Crippen LogP) is 18.7. The Hall–Kier alpha value is -2.63. The van der Waals surface area contributed by atoms with Gasteiger partial charge in [-0.05, 0) is 64.2 Å². The zero-order valence-electron chi connectivity index (χ0n) is 43.3. The van der Waals surface area contributed by atoms with Crippen LogP contribution in [-0.4, -0.2) is 37.2 Å². The summed E-state index contributed by atoms with van der Waals surface area (Å²) in [4.78, 5) is 38.0. The molecular formula is C59H106O6. The van der Waals surface area contributed by atoms with Crippen LogP contribution >= 0.6 is 0 Å². The molecule has 0 fully saturated rings. The number of carbonyl (C=O) groups is 3. The quantitative estimate of drug-likeness (QED) is 0.0199. The van der Waals surface area contributed by atoms with E-state index in [0.717, 1.165) is 64.2 Å². The van der Waals surface area contributed by atoms with Gasteiger partial charge in [-0.3, -0.25) is 14.4 Å². The van der Waals surface area contributed by atoms with E-state index >= 15 is 0 Å². The maximum absolute atomic E-state index is 12.8. The molecule has 0 bridgehead atoms. The number of carbonyl (C=O) groups excluding carboxylic acids is 3. The van der Waals surface area contributed by atoms with Gasteiger partial charge in [0.1, 0.15) is 13.2 Å². The van der Waals surface area contributed by atoms with Crippen LogP contribution in [0.2, 0.25) is 0 Å². The van der Waals surface area contributed by atoms with Crippen LogP contribution in [0.1, 0.15) is 290 Å². The van der Waals surface area contributed by atoms with Gasteiger partial charge < -0.3 is 14.2 Å². The minimum atomic E-state index is -0.799. The summed E-state index contributed by atoms with van der Waals surface area (Å²) in [7, 11) is 0. The molecule has 0 aliphatic heterocycles. The van der Waals surface area contributed by atoms with Crippen LogP contribution in [0.25, 0.3) is 0 Å². The van der Waals surface area contributed by atoms with E-state index < -0.39 is 6.10 Å². The summed E-state index contributed by atoms with van der Waals surface area (Å²) < 4.78 is 16.8. The highest BCUT2D eigenvalue weighted by molar-refractivity contribution is 5.71. The molecule has 0 aliphatic rings. The summed E-state index contributed by atoms with van der Waals surface area (Å²) >= 11 is 0. The lowest BCUT2D eigenvalue weighted by molar-refractivity contribution is -0.166. The number of allylic oxidation sites excluding steroid dienone is 8. The van der Waals surface area contributed by atoms with Gasteiger partial charge >= 0.3 is 17.9 Å². The van der Waals surface area contributed by atoms with Crippen LogP contribution < -0.4 is 0 Å². The number of hydrogen-bond acceptors (Lipinski definition) is 6. The molecule has 0 aromatic carbocycles. The van der Waals surface area contributed by atoms with E-state index in [1.165, 1.54) is 180 Å². The van der Waals surface area contributed by atoms with Crippen molar-refractivity contribution in [3.8, 4) is 0 Å². The van der Waals surface area contributed by atoms with Gasteiger partial charge in [0, 0.05) is 19.3 Å². The Labute approximate surface area is 403 Å². The van der Waals surface area contributed by atoms with Crippen molar-refractivity contribution in [2.45, 2.75) is 297 Å². The minimum Gasteiger partial charge on any atom is -0.462 e. The fourth-order valence-corrected chi connectivity index (χ4v) is 8.08. The molecule has 0 radical (unpaired) electrons. The molecule has 378 valence electrons. The fraction of sp³-hybridized carbons (Fsp3) is 0.814. The molecule has 0 aromatic rings. The number of esters is 3. The molecule has 0 heterocycles. The third-order valence-corrected chi connectivity index (χ3v) is 12.3. The molecular weight excluding hydrogens is 805 g/mol. The summed E-state index contributed by atoms with van der Waals surface area (Å²) in [6, 6.07) is 0. The number of hydrogen-bond donors (Lipinski definition) is 0. The number of ether oxygens (including phenoxy) is 3. The SMILES string of the molecule is CCCCC/C=C\C=C/CCCCCCCCC(=O)OC(COC(=O)CC/C=C\C/C=C\CCCCCCCC)COC(=O)CCCCCCCCCCCCCCCCCCCCC. The largest absolute Gasteiger partial charge is 0.462 e. The van der Waals surface area contributed by atoms with Crippen molar-refractivity contribution < 1.29 is 28.6 Å². The Kier molecular flexibility index (Phi) is 51.8. The van der Waals surface area contributed by atoms with Gasteiger partial charge in [-0.25, -0.2) is 0 Å². The molecule has 0 aromatic heterocycles. The molecule has 65 heavy (non-hydrogen) atoms. The topological polar surface area (TPSA) is 78.9 Å². The van der Waals surface area contributed by atoms with Crippen molar-refractivity contribution in [3.63, 3.8) is 0 Å². The van der Waals surface area contributed by atoms with Crippen molar-refractivity contribution in [3.05, 3.63) is 48.6 Å². The second-order valence-corrected chi connectivity index (χ2v) is 18.9. The smallest absolute Gasteiger partial charge is 0.306 e. The third-order valence-electron chi connectivity index (χ3n) is 12.3. The Morgan fingerprint density at radius 3 is 1.06 bits per heavy atom. The third kappa shape index (κ3) is 52.2. The molecule has 0 aliphatic carbocycles. The zero-order valence-corrected chi connectivity index (χ0v) is 43.3. The zero-order chi connectivity index (χ0) is 47.2. The standard InChI is InChI=1S/C59H106O6/c1-4-7-10-13-16-19-22-25-27-28-29-30-32-34-37-40-43-46-49-52-58(61)64-55-56(54-63-57(60)51-48-45-42-39-36-33-24-21-18-15-12-9-6-3)65-59(62)53-50-47-44-41-38-35-31-26-23-20-17-14-11-8-5-2/h17,20,23,26,33,36,42,45,56H,4-16,18-19,21-22,24-25,27-32,34-35,37-41,43-44,46-55H2,1-3H3/b20-17-,26-23-,36-33-,45-42-. The lowest BCUT2D eigenvalue weighted by Crippen LogP contribution is -2.30. The maximum atomic E-state index is 12.8. The molecule has 0 amide bonds. The van der Waals surface area contributed by atoms with Crippen molar-refractivity contribution in [2.24, 2.45) is 0 Å². The van der Waals surface area contributed by atoms with E-state index in [-0.39, 0.29) is 37.5 Å². The van der Waals surface area contributed by atoms with Gasteiger partial charge in [0.05, 0.1) is 0 Å². The predicted molar refractivity (Wildman–Crippen MR) is 279 cm³/mol. The molecule has 1 unspecified atom stereocenters. The highest BCUT2D eigenvalue weighted by Crippen LogP contribution is 2.16. The van der Waals surface area contributed by atoms with Gasteiger partial charge in [0.2, 0.25) is 0 Å². The van der Waals surface area contributed by atoms with E-state index in [2.05, 4.69) is 63.3 Å². The fourth-order valence-electron chi connectivity index (χ4n) is 8.08. The molecule has 0 N–H and O–H groups in total. The molecule has 0 saturated carbocycles. The highest BCUT2D eigenvalue weighted by Gasteiger charge is 2.19. The first-order chi connectivity index (χ1) is 32.0. The van der Waals surface area contributed by atoms with Crippen molar-refractivity contribution in [1.82, 2.24) is 0 Å². The first-order valence-electron chi connectivity index (χ1n) is 28.2. The van der Waals surface area contributed by atoms with Crippen LogP contribution in [0.3, 0.4) is 0 Å². The first kappa shape index (κ1) is 62.4. The summed E-state index contributed by atoms with van der Waals surface area (Å²) in [6.07, 6.45) is 65.4. The number of unbranched alkanes of at least 4 members (excludes halogenated alkanes) is 33. The van der Waals surface area contributed by atoms with Crippen LogP contribution in [0.15, 0.2) is 48.6 Å². The van der Waals surface area contributed by atoms with Crippen molar-refractivity contribution in [1.29, 1.82) is 0 Å². The Balaban J connectivity index is 4.38. The molecule has 6 nitrogen and oxygen atoms in total. The Bertz CT molecular complexity index is 1140. The monoisotopic (exact) mass is 911 g/mol. The van der Waals surface area contributed by atoms with Gasteiger partial charge in [0.25, 0.3) is 0 Å². The Morgan fingerprint density at radius 2 is 0.631 bits per heavy atom. The Morgan fingerprint density at radius 1 is 0.323 bits per heavy atom. The van der Waals surface area contributed by atoms with Crippen LogP contribution in [-0.2, 0) is 28.6 Å². The molecule has 6 heteroatoms.